The first-order valence-corrected chi connectivity index (χ1v) is 15.2. The Morgan fingerprint density at radius 3 is 2.11 bits per heavy atom. The SMILES string of the molecule is C=C(CCC1OC(C)(C)OC1(C)C)C1CCC2(C)C1CCC1C3(C)CCC(O)C(C)(C)C3CCC12C. The molecular weight excluding hydrogens is 444 g/mol. The normalized spacial score (nSPS) is 50.7. The van der Waals surface area contributed by atoms with Crippen molar-refractivity contribution in [3.8, 4) is 0 Å². The smallest absolute Gasteiger partial charge is 0.164 e. The van der Waals surface area contributed by atoms with E-state index in [2.05, 4.69) is 48.5 Å². The Bertz CT molecular complexity index is 887. The number of aliphatic hydroxyl groups is 1. The van der Waals surface area contributed by atoms with Gasteiger partial charge in [0.1, 0.15) is 0 Å². The molecule has 1 saturated heterocycles. The van der Waals surface area contributed by atoms with Gasteiger partial charge in [-0.05, 0) is 137 Å². The van der Waals surface area contributed by atoms with Crippen LogP contribution in [0.2, 0.25) is 0 Å². The summed E-state index contributed by atoms with van der Waals surface area (Å²) in [5, 5.41) is 10.9. The summed E-state index contributed by atoms with van der Waals surface area (Å²) in [5.41, 5.74) is 2.41. The van der Waals surface area contributed by atoms with Crippen LogP contribution >= 0.6 is 0 Å². The van der Waals surface area contributed by atoms with E-state index in [1.807, 2.05) is 13.8 Å². The second kappa shape index (κ2) is 8.31. The molecule has 0 aromatic carbocycles. The molecule has 9 unspecified atom stereocenters. The van der Waals surface area contributed by atoms with Gasteiger partial charge in [0, 0.05) is 0 Å². The molecule has 36 heavy (non-hydrogen) atoms. The van der Waals surface area contributed by atoms with Crippen LogP contribution in [0.15, 0.2) is 12.2 Å². The highest BCUT2D eigenvalue weighted by Gasteiger charge is 2.68. The predicted octanol–water partition coefficient (Wildman–Crippen LogP) is 8.30. The van der Waals surface area contributed by atoms with Gasteiger partial charge < -0.3 is 14.6 Å². The van der Waals surface area contributed by atoms with E-state index >= 15 is 0 Å². The van der Waals surface area contributed by atoms with Crippen molar-refractivity contribution in [3.05, 3.63) is 12.2 Å². The number of hydrogen-bond acceptors (Lipinski definition) is 3. The number of aliphatic hydroxyl groups excluding tert-OH is 1. The average Bonchev–Trinajstić information content (AvgIpc) is 3.21. The molecule has 0 bridgehead atoms. The van der Waals surface area contributed by atoms with Crippen molar-refractivity contribution in [1.29, 1.82) is 0 Å². The fourth-order valence-corrected chi connectivity index (χ4v) is 11.3. The van der Waals surface area contributed by atoms with Gasteiger partial charge in [-0.2, -0.15) is 0 Å². The van der Waals surface area contributed by atoms with E-state index in [4.69, 9.17) is 16.1 Å². The molecule has 0 radical (unpaired) electrons. The molecule has 5 fully saturated rings. The van der Waals surface area contributed by atoms with E-state index in [0.717, 1.165) is 31.1 Å². The van der Waals surface area contributed by atoms with Crippen LogP contribution in [0.3, 0.4) is 0 Å². The van der Waals surface area contributed by atoms with Crippen molar-refractivity contribution in [3.63, 3.8) is 0 Å². The predicted molar refractivity (Wildman–Crippen MR) is 147 cm³/mol. The van der Waals surface area contributed by atoms with Crippen LogP contribution in [-0.2, 0) is 9.47 Å². The van der Waals surface area contributed by atoms with Crippen LogP contribution in [0.4, 0.5) is 0 Å². The van der Waals surface area contributed by atoms with Crippen molar-refractivity contribution in [2.75, 3.05) is 0 Å². The Morgan fingerprint density at radius 1 is 0.806 bits per heavy atom. The molecule has 3 heteroatoms. The minimum absolute atomic E-state index is 0.0347. The van der Waals surface area contributed by atoms with Crippen LogP contribution < -0.4 is 0 Å². The van der Waals surface area contributed by atoms with Crippen LogP contribution in [0.25, 0.3) is 0 Å². The zero-order valence-corrected chi connectivity index (χ0v) is 25.0. The van der Waals surface area contributed by atoms with Gasteiger partial charge in [0.25, 0.3) is 0 Å². The molecule has 5 aliphatic rings. The van der Waals surface area contributed by atoms with Gasteiger partial charge in [-0.1, -0.05) is 46.8 Å². The Hall–Kier alpha value is -0.380. The standard InChI is InChI=1S/C33H56O3/c1-21(11-14-27-29(4,5)36-30(6,7)35-27)22-15-19-32(9)23(22)12-13-25-31(8)18-17-26(34)28(2,3)24(31)16-20-33(25,32)10/h22-27,34H,1,11-20H2,2-10H3. The molecule has 1 aliphatic heterocycles. The molecule has 0 aromatic heterocycles. The summed E-state index contributed by atoms with van der Waals surface area (Å²) in [6, 6.07) is 0. The average molecular weight is 501 g/mol. The quantitative estimate of drug-likeness (QED) is 0.395. The minimum Gasteiger partial charge on any atom is -0.393 e. The molecule has 1 heterocycles. The molecule has 4 saturated carbocycles. The van der Waals surface area contributed by atoms with Crippen molar-refractivity contribution in [1.82, 2.24) is 0 Å². The zero-order valence-electron chi connectivity index (χ0n) is 25.0. The molecule has 5 rings (SSSR count). The summed E-state index contributed by atoms with van der Waals surface area (Å²) in [7, 11) is 0. The highest BCUT2D eigenvalue weighted by atomic mass is 16.8. The molecule has 3 nitrogen and oxygen atoms in total. The highest BCUT2D eigenvalue weighted by Crippen LogP contribution is 2.75. The Labute approximate surface area is 222 Å². The fourth-order valence-electron chi connectivity index (χ4n) is 11.3. The number of hydrogen-bond donors (Lipinski definition) is 1. The summed E-state index contributed by atoms with van der Waals surface area (Å²) in [6.45, 7) is 25.8. The highest BCUT2D eigenvalue weighted by molar-refractivity contribution is 5.20. The van der Waals surface area contributed by atoms with Gasteiger partial charge in [-0.15, -0.1) is 0 Å². The summed E-state index contributed by atoms with van der Waals surface area (Å²) in [5.74, 6) is 2.34. The Kier molecular flexibility index (Phi) is 6.28. The monoisotopic (exact) mass is 500 g/mol. The molecule has 0 aromatic rings. The van der Waals surface area contributed by atoms with E-state index in [9.17, 15) is 5.11 Å². The van der Waals surface area contributed by atoms with Crippen molar-refractivity contribution in [2.45, 2.75) is 150 Å². The van der Waals surface area contributed by atoms with Gasteiger partial charge in [-0.25, -0.2) is 0 Å². The number of fused-ring (bicyclic) bond motifs is 5. The molecule has 9 atom stereocenters. The Balaban J connectivity index is 1.32. The third kappa shape index (κ3) is 3.75. The lowest BCUT2D eigenvalue weighted by atomic mass is 9.35. The molecule has 1 N–H and O–H groups in total. The van der Waals surface area contributed by atoms with Gasteiger partial charge in [0.2, 0.25) is 0 Å². The summed E-state index contributed by atoms with van der Waals surface area (Å²) < 4.78 is 12.5. The van der Waals surface area contributed by atoms with Crippen LogP contribution in [0.1, 0.15) is 127 Å². The van der Waals surface area contributed by atoms with Crippen LogP contribution in [-0.4, -0.2) is 28.7 Å². The minimum atomic E-state index is -0.493. The van der Waals surface area contributed by atoms with Gasteiger partial charge in [0.05, 0.1) is 17.8 Å². The summed E-state index contributed by atoms with van der Waals surface area (Å²) in [4.78, 5) is 0. The Morgan fingerprint density at radius 2 is 1.47 bits per heavy atom. The van der Waals surface area contributed by atoms with Crippen LogP contribution in [0.5, 0.6) is 0 Å². The fraction of sp³-hybridized carbons (Fsp3) is 0.939. The van der Waals surface area contributed by atoms with Gasteiger partial charge in [-0.3, -0.25) is 0 Å². The number of rotatable bonds is 4. The topological polar surface area (TPSA) is 38.7 Å². The summed E-state index contributed by atoms with van der Waals surface area (Å²) >= 11 is 0. The molecule has 4 aliphatic carbocycles. The van der Waals surface area contributed by atoms with E-state index in [1.165, 1.54) is 50.5 Å². The molecule has 0 amide bonds. The lowest BCUT2D eigenvalue weighted by Gasteiger charge is -2.69. The zero-order chi connectivity index (χ0) is 26.5. The second-order valence-electron chi connectivity index (χ2n) is 16.1. The lowest BCUT2D eigenvalue weighted by Crippen LogP contribution is -2.63. The molecular formula is C33H56O3. The van der Waals surface area contributed by atoms with Crippen LogP contribution in [0, 0.1) is 45.3 Å². The third-order valence-corrected chi connectivity index (χ3v) is 13.3. The maximum absolute atomic E-state index is 10.9. The lowest BCUT2D eigenvalue weighted by molar-refractivity contribution is -0.220. The molecule has 0 spiro atoms. The first-order chi connectivity index (χ1) is 16.5. The number of allylic oxidation sites excluding steroid dienone is 1. The summed E-state index contributed by atoms with van der Waals surface area (Å²) in [6.07, 6.45) is 12.2. The first-order valence-electron chi connectivity index (χ1n) is 15.2. The first kappa shape index (κ1) is 27.2. The second-order valence-corrected chi connectivity index (χ2v) is 16.1. The van der Waals surface area contributed by atoms with E-state index in [-0.39, 0.29) is 23.2 Å². The number of ether oxygens (including phenoxy) is 2. The van der Waals surface area contributed by atoms with E-state index < -0.39 is 5.79 Å². The van der Waals surface area contributed by atoms with Gasteiger partial charge >= 0.3 is 0 Å². The largest absolute Gasteiger partial charge is 0.393 e. The maximum Gasteiger partial charge on any atom is 0.164 e. The van der Waals surface area contributed by atoms with Crippen molar-refractivity contribution < 1.29 is 14.6 Å². The van der Waals surface area contributed by atoms with E-state index in [0.29, 0.717) is 28.1 Å². The van der Waals surface area contributed by atoms with E-state index in [1.54, 1.807) is 0 Å². The van der Waals surface area contributed by atoms with Crippen molar-refractivity contribution >= 4 is 0 Å². The molecule has 206 valence electrons. The van der Waals surface area contributed by atoms with Crippen molar-refractivity contribution in [2.24, 2.45) is 45.3 Å². The maximum atomic E-state index is 10.9. The van der Waals surface area contributed by atoms with Gasteiger partial charge in [0.15, 0.2) is 5.79 Å². The third-order valence-electron chi connectivity index (χ3n) is 13.3.